The molecule has 7 nitrogen and oxygen atoms in total. The molecular weight excluding hydrogens is 430 g/mol. The van der Waals surface area contributed by atoms with Crippen molar-refractivity contribution < 1.29 is 9.29 Å². The molecule has 2 atom stereocenters. The topological polar surface area (TPSA) is 87.1 Å². The third kappa shape index (κ3) is 4.27. The molecule has 0 bridgehead atoms. The van der Waals surface area contributed by atoms with Gasteiger partial charge in [-0.1, -0.05) is 6.07 Å². The van der Waals surface area contributed by atoms with Gasteiger partial charge in [-0.3, -0.25) is 4.90 Å². The molecular formula is C22H21N5O2S2. The first-order valence-electron chi connectivity index (χ1n) is 9.96. The molecule has 4 heterocycles. The van der Waals surface area contributed by atoms with E-state index < -0.39 is 11.2 Å². The lowest BCUT2D eigenvalue weighted by atomic mass is 10.0. The highest BCUT2D eigenvalue weighted by Crippen LogP contribution is 2.30. The van der Waals surface area contributed by atoms with E-state index in [0.29, 0.717) is 10.8 Å². The van der Waals surface area contributed by atoms with E-state index in [-0.39, 0.29) is 12.1 Å². The summed E-state index contributed by atoms with van der Waals surface area (Å²) in [4.78, 5) is 20.7. The van der Waals surface area contributed by atoms with Gasteiger partial charge in [0.1, 0.15) is 6.26 Å². The third-order valence-corrected chi connectivity index (χ3v) is 7.28. The first-order chi connectivity index (χ1) is 15.1. The van der Waals surface area contributed by atoms with Crippen LogP contribution in [0.5, 0.6) is 11.9 Å². The first-order valence-corrected chi connectivity index (χ1v) is 12.4. The average Bonchev–Trinajstić information content (AvgIpc) is 3.26. The van der Waals surface area contributed by atoms with Crippen LogP contribution in [-0.2, 0) is 24.1 Å². The zero-order chi connectivity index (χ0) is 21.4. The highest BCUT2D eigenvalue weighted by atomic mass is 32.2. The van der Waals surface area contributed by atoms with Gasteiger partial charge in [-0.05, 0) is 35.8 Å². The van der Waals surface area contributed by atoms with Crippen LogP contribution in [-0.4, -0.2) is 42.2 Å². The maximum atomic E-state index is 11.5. The molecule has 31 heavy (non-hydrogen) atoms. The summed E-state index contributed by atoms with van der Waals surface area (Å²) in [5.74, 6) is 0.387. The molecule has 0 aliphatic carbocycles. The molecule has 1 aliphatic heterocycles. The van der Waals surface area contributed by atoms with Gasteiger partial charge in [-0.25, -0.2) is 15.0 Å². The zero-order valence-corrected chi connectivity index (χ0v) is 18.8. The molecule has 1 aliphatic rings. The van der Waals surface area contributed by atoms with Gasteiger partial charge in [0.25, 0.3) is 0 Å². The number of fused-ring (bicyclic) bond motifs is 2. The van der Waals surface area contributed by atoms with Gasteiger partial charge < -0.3 is 9.29 Å². The van der Waals surface area contributed by atoms with Crippen LogP contribution >= 0.6 is 11.3 Å². The van der Waals surface area contributed by atoms with Crippen molar-refractivity contribution in [2.24, 2.45) is 0 Å². The lowest BCUT2D eigenvalue weighted by Gasteiger charge is -2.33. The Bertz CT molecular complexity index is 1210. The summed E-state index contributed by atoms with van der Waals surface area (Å²) in [6.45, 7) is 3.94. The highest BCUT2D eigenvalue weighted by Gasteiger charge is 2.24. The van der Waals surface area contributed by atoms with Gasteiger partial charge in [0, 0.05) is 49.4 Å². The van der Waals surface area contributed by atoms with Crippen molar-refractivity contribution in [3.05, 3.63) is 65.1 Å². The van der Waals surface area contributed by atoms with Crippen LogP contribution in [0.1, 0.15) is 29.8 Å². The Morgan fingerprint density at radius 1 is 1.16 bits per heavy atom. The Balaban J connectivity index is 1.29. The monoisotopic (exact) mass is 451 g/mol. The summed E-state index contributed by atoms with van der Waals surface area (Å²) < 4.78 is 18.4. The lowest BCUT2D eigenvalue weighted by Crippen LogP contribution is -2.33. The number of aromatic nitrogens is 4. The van der Waals surface area contributed by atoms with Crippen molar-refractivity contribution in [3.63, 3.8) is 0 Å². The fraction of sp³-hybridized carbons (Fsp3) is 0.273. The Morgan fingerprint density at radius 2 is 2.06 bits per heavy atom. The number of nitrogens with zero attached hydrogens (tertiary/aromatic N) is 5. The maximum absolute atomic E-state index is 11.5. The lowest BCUT2D eigenvalue weighted by molar-refractivity contribution is 0.189. The van der Waals surface area contributed by atoms with E-state index in [1.165, 1.54) is 10.3 Å². The third-order valence-electron chi connectivity index (χ3n) is 5.56. The summed E-state index contributed by atoms with van der Waals surface area (Å²) in [6, 6.07) is 10.5. The molecule has 0 saturated carbocycles. The van der Waals surface area contributed by atoms with E-state index in [1.54, 1.807) is 35.9 Å². The van der Waals surface area contributed by atoms with Crippen LogP contribution in [0, 0.1) is 0 Å². The van der Waals surface area contributed by atoms with E-state index in [1.807, 2.05) is 11.7 Å². The minimum atomic E-state index is -1.07. The molecule has 0 N–H and O–H groups in total. The highest BCUT2D eigenvalue weighted by molar-refractivity contribution is 7.90. The van der Waals surface area contributed by atoms with Crippen molar-refractivity contribution in [1.82, 2.24) is 24.8 Å². The Kier molecular flexibility index (Phi) is 5.58. The van der Waals surface area contributed by atoms with Crippen LogP contribution in [0.25, 0.3) is 10.2 Å². The summed E-state index contributed by atoms with van der Waals surface area (Å²) in [5.41, 5.74) is 6.34. The first kappa shape index (κ1) is 20.3. The second-order valence-electron chi connectivity index (χ2n) is 7.49. The van der Waals surface area contributed by atoms with Crippen LogP contribution in [0.15, 0.2) is 53.1 Å². The van der Waals surface area contributed by atoms with E-state index in [0.717, 1.165) is 36.3 Å². The number of hydrogen-bond acceptors (Lipinski definition) is 8. The van der Waals surface area contributed by atoms with Crippen LogP contribution in [0.2, 0.25) is 0 Å². The molecule has 1 aromatic carbocycles. The summed E-state index contributed by atoms with van der Waals surface area (Å²) in [5, 5.41) is 0. The van der Waals surface area contributed by atoms with Crippen molar-refractivity contribution in [2.75, 3.05) is 12.8 Å². The van der Waals surface area contributed by atoms with Gasteiger partial charge in [-0.2, -0.15) is 4.98 Å². The van der Waals surface area contributed by atoms with E-state index in [9.17, 15) is 4.55 Å². The van der Waals surface area contributed by atoms with Crippen LogP contribution in [0.4, 0.5) is 0 Å². The number of thiazole rings is 1. The van der Waals surface area contributed by atoms with E-state index in [2.05, 4.69) is 50.0 Å². The van der Waals surface area contributed by atoms with E-state index in [4.69, 9.17) is 4.74 Å². The molecule has 0 saturated heterocycles. The molecule has 9 heteroatoms. The fourth-order valence-electron chi connectivity index (χ4n) is 3.74. The quantitative estimate of drug-likeness (QED) is 0.422. The molecule has 3 aromatic heterocycles. The summed E-state index contributed by atoms with van der Waals surface area (Å²) >= 11 is 0.598. The van der Waals surface area contributed by atoms with E-state index >= 15 is 0 Å². The summed E-state index contributed by atoms with van der Waals surface area (Å²) in [7, 11) is 0. The Hall–Kier alpha value is -2.59. The van der Waals surface area contributed by atoms with Crippen molar-refractivity contribution in [3.8, 4) is 11.9 Å². The average molecular weight is 452 g/mol. The minimum Gasteiger partial charge on any atom is -0.612 e. The molecule has 0 amide bonds. The van der Waals surface area contributed by atoms with Crippen molar-refractivity contribution in [1.29, 1.82) is 0 Å². The molecule has 4 aromatic rings. The van der Waals surface area contributed by atoms with Crippen molar-refractivity contribution >= 4 is 32.7 Å². The number of pyridine rings is 1. The Morgan fingerprint density at radius 3 is 2.87 bits per heavy atom. The maximum Gasteiger partial charge on any atom is 0.323 e. The minimum absolute atomic E-state index is 0.280. The predicted octanol–water partition coefficient (Wildman–Crippen LogP) is 4.13. The number of benzene rings is 1. The number of rotatable bonds is 5. The second-order valence-corrected chi connectivity index (χ2v) is 9.75. The second kappa shape index (κ2) is 8.51. The van der Waals surface area contributed by atoms with Gasteiger partial charge in [0.2, 0.25) is 5.88 Å². The smallest absolute Gasteiger partial charge is 0.323 e. The number of ether oxygens (including phenoxy) is 1. The number of hydrogen-bond donors (Lipinski definition) is 0. The molecule has 158 valence electrons. The normalized spacial score (nSPS) is 16.1. The van der Waals surface area contributed by atoms with Gasteiger partial charge in [0.15, 0.2) is 4.90 Å². The van der Waals surface area contributed by atoms with Crippen LogP contribution < -0.4 is 4.74 Å². The fourth-order valence-corrected chi connectivity index (χ4v) is 4.86. The summed E-state index contributed by atoms with van der Waals surface area (Å²) in [6.07, 6.45) is 5.84. The predicted molar refractivity (Wildman–Crippen MR) is 121 cm³/mol. The molecule has 0 spiro atoms. The molecule has 0 radical (unpaired) electrons. The van der Waals surface area contributed by atoms with Gasteiger partial charge >= 0.3 is 6.01 Å². The SMILES string of the molecule is CC(c1ccc2scnc2c1)N1CCc2nc(Oc3ccc([S+](C)[O-])cn3)ncc2C1. The Labute approximate surface area is 187 Å². The van der Waals surface area contributed by atoms with Gasteiger partial charge in [0.05, 0.1) is 27.6 Å². The van der Waals surface area contributed by atoms with Crippen molar-refractivity contribution in [2.45, 2.75) is 30.8 Å². The molecule has 5 rings (SSSR count). The van der Waals surface area contributed by atoms with Crippen LogP contribution in [0.3, 0.4) is 0 Å². The largest absolute Gasteiger partial charge is 0.612 e. The molecule has 2 unspecified atom stereocenters. The standard InChI is InChI=1S/C22H21N5O2S2/c1-14(15-3-5-20-19(9-15)25-13-30-20)27-8-7-18-16(12-27)10-24-22(26-18)29-21-6-4-17(11-23-21)31(2)28/h3-6,9-11,13-14H,7-8,12H2,1-2H3. The zero-order valence-electron chi connectivity index (χ0n) is 17.2. The molecule has 0 fully saturated rings. The van der Waals surface area contributed by atoms with Gasteiger partial charge in [-0.15, -0.1) is 11.3 Å².